The predicted octanol–water partition coefficient (Wildman–Crippen LogP) is 2.46. The second-order valence-corrected chi connectivity index (χ2v) is 5.82. The molecular weight excluding hydrogens is 348 g/mol. The standard InChI is InChI=1S/C19H20N4O4/c1-3-26-19(25)16-11-22-23(17(16)20)14-7-5-13(6-8-14)18(24)21-10-15-9-4-12(2)27-15/h4-9,11H,3,10,20H2,1-2H3,(H,21,24). The molecule has 0 atom stereocenters. The number of anilines is 1. The second-order valence-electron chi connectivity index (χ2n) is 5.82. The molecule has 0 bridgehead atoms. The molecule has 8 heteroatoms. The average molecular weight is 368 g/mol. The van der Waals surface area contributed by atoms with Gasteiger partial charge in [0.25, 0.3) is 5.91 Å². The second kappa shape index (κ2) is 7.77. The zero-order valence-electron chi connectivity index (χ0n) is 15.1. The first-order valence-corrected chi connectivity index (χ1v) is 8.44. The third-order valence-corrected chi connectivity index (χ3v) is 3.90. The van der Waals surface area contributed by atoms with E-state index in [4.69, 9.17) is 14.9 Å². The lowest BCUT2D eigenvalue weighted by Crippen LogP contribution is -2.22. The maximum Gasteiger partial charge on any atom is 0.343 e. The fourth-order valence-corrected chi connectivity index (χ4v) is 2.53. The summed E-state index contributed by atoms with van der Waals surface area (Å²) < 4.78 is 11.8. The molecule has 0 unspecified atom stereocenters. The van der Waals surface area contributed by atoms with E-state index in [2.05, 4.69) is 10.4 Å². The summed E-state index contributed by atoms with van der Waals surface area (Å²) in [6, 6.07) is 10.4. The molecule has 0 fully saturated rings. The molecule has 2 aromatic heterocycles. The number of nitrogens with one attached hydrogen (secondary N) is 1. The number of benzene rings is 1. The number of aryl methyl sites for hydroxylation is 1. The molecule has 0 saturated heterocycles. The molecule has 0 aliphatic carbocycles. The van der Waals surface area contributed by atoms with E-state index in [0.29, 0.717) is 23.6 Å². The molecule has 0 aliphatic heterocycles. The summed E-state index contributed by atoms with van der Waals surface area (Å²) in [4.78, 5) is 24.1. The van der Waals surface area contributed by atoms with Gasteiger partial charge in [0.15, 0.2) is 0 Å². The molecule has 140 valence electrons. The lowest BCUT2D eigenvalue weighted by atomic mass is 10.2. The first-order valence-electron chi connectivity index (χ1n) is 8.44. The monoisotopic (exact) mass is 368 g/mol. The number of hydrogen-bond donors (Lipinski definition) is 2. The molecule has 0 aliphatic rings. The lowest BCUT2D eigenvalue weighted by molar-refractivity contribution is 0.0527. The molecule has 3 aromatic rings. The van der Waals surface area contributed by atoms with Crippen LogP contribution in [0.25, 0.3) is 5.69 Å². The van der Waals surface area contributed by atoms with E-state index in [0.717, 1.165) is 5.76 Å². The Balaban J connectivity index is 1.70. The van der Waals surface area contributed by atoms with E-state index in [1.807, 2.05) is 19.1 Å². The van der Waals surface area contributed by atoms with Crippen molar-refractivity contribution in [2.75, 3.05) is 12.3 Å². The van der Waals surface area contributed by atoms with Gasteiger partial charge in [0, 0.05) is 5.56 Å². The van der Waals surface area contributed by atoms with Crippen LogP contribution in [-0.2, 0) is 11.3 Å². The van der Waals surface area contributed by atoms with Crippen molar-refractivity contribution >= 4 is 17.7 Å². The van der Waals surface area contributed by atoms with Crippen molar-refractivity contribution in [2.45, 2.75) is 20.4 Å². The van der Waals surface area contributed by atoms with Crippen molar-refractivity contribution in [1.82, 2.24) is 15.1 Å². The Labute approximate surface area is 155 Å². The maximum absolute atomic E-state index is 12.2. The highest BCUT2D eigenvalue weighted by Gasteiger charge is 2.17. The first kappa shape index (κ1) is 18.2. The van der Waals surface area contributed by atoms with Crippen molar-refractivity contribution in [1.29, 1.82) is 0 Å². The third-order valence-electron chi connectivity index (χ3n) is 3.90. The summed E-state index contributed by atoms with van der Waals surface area (Å²) in [5, 5.41) is 6.91. The third kappa shape index (κ3) is 4.00. The number of nitrogens with two attached hydrogens (primary N) is 1. The molecular formula is C19H20N4O4. The number of ether oxygens (including phenoxy) is 1. The molecule has 3 rings (SSSR count). The molecule has 0 saturated carbocycles. The van der Waals surface area contributed by atoms with Crippen LogP contribution in [0.2, 0.25) is 0 Å². The van der Waals surface area contributed by atoms with Crippen LogP contribution in [0.5, 0.6) is 0 Å². The van der Waals surface area contributed by atoms with E-state index in [1.54, 1.807) is 31.2 Å². The van der Waals surface area contributed by atoms with E-state index in [1.165, 1.54) is 10.9 Å². The van der Waals surface area contributed by atoms with Gasteiger partial charge in [-0.05, 0) is 50.2 Å². The number of esters is 1. The molecule has 1 amide bonds. The van der Waals surface area contributed by atoms with Gasteiger partial charge in [-0.15, -0.1) is 0 Å². The smallest absolute Gasteiger partial charge is 0.343 e. The van der Waals surface area contributed by atoms with E-state index in [-0.39, 0.29) is 23.9 Å². The number of carbonyl (C=O) groups excluding carboxylic acids is 2. The van der Waals surface area contributed by atoms with Gasteiger partial charge in [-0.3, -0.25) is 4.79 Å². The number of hydrogen-bond acceptors (Lipinski definition) is 6. The summed E-state index contributed by atoms with van der Waals surface area (Å²) in [6.45, 7) is 4.13. The first-order chi connectivity index (χ1) is 13.0. The Morgan fingerprint density at radius 3 is 2.59 bits per heavy atom. The van der Waals surface area contributed by atoms with Crippen LogP contribution in [0.4, 0.5) is 5.82 Å². The minimum atomic E-state index is -0.523. The van der Waals surface area contributed by atoms with Gasteiger partial charge >= 0.3 is 5.97 Å². The van der Waals surface area contributed by atoms with E-state index >= 15 is 0 Å². The minimum Gasteiger partial charge on any atom is -0.465 e. The van der Waals surface area contributed by atoms with Crippen LogP contribution in [-0.4, -0.2) is 28.3 Å². The van der Waals surface area contributed by atoms with Gasteiger partial charge in [-0.2, -0.15) is 5.10 Å². The van der Waals surface area contributed by atoms with Crippen molar-refractivity contribution < 1.29 is 18.7 Å². The van der Waals surface area contributed by atoms with Crippen molar-refractivity contribution in [3.63, 3.8) is 0 Å². The van der Waals surface area contributed by atoms with E-state index < -0.39 is 5.97 Å². The molecule has 2 heterocycles. The zero-order valence-corrected chi connectivity index (χ0v) is 15.1. The summed E-state index contributed by atoms with van der Waals surface area (Å²) in [7, 11) is 0. The highest BCUT2D eigenvalue weighted by molar-refractivity contribution is 5.95. The Bertz CT molecular complexity index is 957. The average Bonchev–Trinajstić information content (AvgIpc) is 3.25. The topological polar surface area (TPSA) is 112 Å². The molecule has 27 heavy (non-hydrogen) atoms. The number of amides is 1. The molecule has 0 spiro atoms. The predicted molar refractivity (Wildman–Crippen MR) is 98.5 cm³/mol. The highest BCUT2D eigenvalue weighted by Crippen LogP contribution is 2.18. The van der Waals surface area contributed by atoms with Crippen molar-refractivity contribution in [2.24, 2.45) is 0 Å². The lowest BCUT2D eigenvalue weighted by Gasteiger charge is -2.07. The van der Waals surface area contributed by atoms with Gasteiger partial charge in [0.1, 0.15) is 22.9 Å². The van der Waals surface area contributed by atoms with Crippen LogP contribution < -0.4 is 11.1 Å². The fraction of sp³-hybridized carbons (Fsp3) is 0.211. The molecule has 8 nitrogen and oxygen atoms in total. The quantitative estimate of drug-likeness (QED) is 0.646. The zero-order chi connectivity index (χ0) is 19.4. The number of carbonyl (C=O) groups is 2. The highest BCUT2D eigenvalue weighted by atomic mass is 16.5. The van der Waals surface area contributed by atoms with Gasteiger partial charge in [0.2, 0.25) is 0 Å². The Morgan fingerprint density at radius 2 is 1.96 bits per heavy atom. The normalized spacial score (nSPS) is 10.6. The summed E-state index contributed by atoms with van der Waals surface area (Å²) in [5.74, 6) is 0.913. The van der Waals surface area contributed by atoms with Crippen molar-refractivity contribution in [3.8, 4) is 5.69 Å². The van der Waals surface area contributed by atoms with Gasteiger partial charge in [-0.1, -0.05) is 0 Å². The number of furan rings is 1. The van der Waals surface area contributed by atoms with Gasteiger partial charge < -0.3 is 20.2 Å². The van der Waals surface area contributed by atoms with Gasteiger partial charge in [0.05, 0.1) is 25.0 Å². The summed E-state index contributed by atoms with van der Waals surface area (Å²) in [5.41, 5.74) is 7.30. The van der Waals surface area contributed by atoms with Crippen LogP contribution in [0.1, 0.15) is 39.2 Å². The van der Waals surface area contributed by atoms with Crippen LogP contribution in [0, 0.1) is 6.92 Å². The Kier molecular flexibility index (Phi) is 5.25. The van der Waals surface area contributed by atoms with Crippen molar-refractivity contribution in [3.05, 3.63) is 65.2 Å². The molecule has 0 radical (unpaired) electrons. The van der Waals surface area contributed by atoms with Gasteiger partial charge in [-0.25, -0.2) is 9.48 Å². The Hall–Kier alpha value is -3.55. The summed E-state index contributed by atoms with van der Waals surface area (Å²) in [6.07, 6.45) is 1.36. The maximum atomic E-state index is 12.2. The van der Waals surface area contributed by atoms with E-state index in [9.17, 15) is 9.59 Å². The molecule has 1 aromatic carbocycles. The number of nitrogen functional groups attached to an aromatic ring is 1. The molecule has 3 N–H and O–H groups in total. The van der Waals surface area contributed by atoms with Crippen LogP contribution in [0.3, 0.4) is 0 Å². The number of rotatable bonds is 6. The number of aromatic nitrogens is 2. The SMILES string of the molecule is CCOC(=O)c1cnn(-c2ccc(C(=O)NCc3ccc(C)o3)cc2)c1N. The minimum absolute atomic E-state index is 0.179. The largest absolute Gasteiger partial charge is 0.465 e. The number of nitrogens with zero attached hydrogens (tertiary/aromatic N) is 2. The summed E-state index contributed by atoms with van der Waals surface area (Å²) >= 11 is 0. The fourth-order valence-electron chi connectivity index (χ4n) is 2.53. The van der Waals surface area contributed by atoms with Crippen LogP contribution in [0.15, 0.2) is 47.0 Å². The van der Waals surface area contributed by atoms with Crippen LogP contribution >= 0.6 is 0 Å². The Morgan fingerprint density at radius 1 is 1.22 bits per heavy atom.